The third-order valence-electron chi connectivity index (χ3n) is 4.80. The summed E-state index contributed by atoms with van der Waals surface area (Å²) in [5.74, 6) is 0.618. The Hall–Kier alpha value is -1.71. The minimum absolute atomic E-state index is 0.166. The summed E-state index contributed by atoms with van der Waals surface area (Å²) in [7, 11) is -3.14. The third kappa shape index (κ3) is 3.99. The Bertz CT molecular complexity index is 880. The van der Waals surface area contributed by atoms with Gasteiger partial charge in [0, 0.05) is 29.7 Å². The molecule has 7 nitrogen and oxygen atoms in total. The van der Waals surface area contributed by atoms with Crippen LogP contribution in [0.4, 0.5) is 0 Å². The molecule has 142 valence electrons. The smallest absolute Gasteiger partial charge is 0.272 e. The predicted molar refractivity (Wildman–Crippen MR) is 102 cm³/mol. The molecule has 26 heavy (non-hydrogen) atoms. The van der Waals surface area contributed by atoms with E-state index < -0.39 is 10.0 Å². The van der Waals surface area contributed by atoms with E-state index >= 15 is 0 Å². The molecule has 2 aromatic heterocycles. The second-order valence-electron chi connectivity index (χ2n) is 6.62. The van der Waals surface area contributed by atoms with E-state index in [-0.39, 0.29) is 11.9 Å². The molecule has 1 amide bonds. The zero-order chi connectivity index (χ0) is 18.9. The number of aryl methyl sites for hydroxylation is 1. The molecule has 1 N–H and O–H groups in total. The Kier molecular flexibility index (Phi) is 5.50. The summed E-state index contributed by atoms with van der Waals surface area (Å²) in [4.78, 5) is 18.1. The van der Waals surface area contributed by atoms with Gasteiger partial charge in [0.05, 0.1) is 12.8 Å². The minimum Gasteiger partial charge on any atom is -0.346 e. The first kappa shape index (κ1) is 19.1. The van der Waals surface area contributed by atoms with Crippen molar-refractivity contribution in [3.63, 3.8) is 0 Å². The van der Waals surface area contributed by atoms with Gasteiger partial charge in [0.1, 0.15) is 11.5 Å². The molecular formula is C17H24N4O3S2. The maximum absolute atomic E-state index is 12.5. The summed E-state index contributed by atoms with van der Waals surface area (Å²) >= 11 is 1.60. The van der Waals surface area contributed by atoms with Crippen molar-refractivity contribution in [2.45, 2.75) is 39.3 Å². The number of imidazole rings is 1. The number of nitrogens with zero attached hydrogens (tertiary/aromatic N) is 3. The third-order valence-corrected chi connectivity index (χ3v) is 6.98. The van der Waals surface area contributed by atoms with Crippen LogP contribution < -0.4 is 5.32 Å². The lowest BCUT2D eigenvalue weighted by molar-refractivity contribution is 0.0945. The first-order valence-electron chi connectivity index (χ1n) is 8.58. The number of hydrogen-bond donors (Lipinski definition) is 1. The molecule has 0 atom stereocenters. The molecule has 0 bridgehead atoms. The summed E-state index contributed by atoms with van der Waals surface area (Å²) in [6.07, 6.45) is 2.69. The second kappa shape index (κ2) is 7.50. The van der Waals surface area contributed by atoms with Gasteiger partial charge in [-0.2, -0.15) is 0 Å². The van der Waals surface area contributed by atoms with Crippen molar-refractivity contribution < 1.29 is 13.2 Å². The number of hydrogen-bond acceptors (Lipinski definition) is 5. The van der Waals surface area contributed by atoms with E-state index in [0.29, 0.717) is 25.3 Å². The topological polar surface area (TPSA) is 84.3 Å². The summed E-state index contributed by atoms with van der Waals surface area (Å²) in [6.45, 7) is 5.30. The second-order valence-corrected chi connectivity index (χ2v) is 9.63. The lowest BCUT2D eigenvalue weighted by Crippen LogP contribution is -2.38. The lowest BCUT2D eigenvalue weighted by Gasteiger charge is -2.32. The maximum Gasteiger partial charge on any atom is 0.272 e. The molecule has 0 radical (unpaired) electrons. The van der Waals surface area contributed by atoms with E-state index in [1.54, 1.807) is 11.3 Å². The average Bonchev–Trinajstić information content (AvgIpc) is 3.20. The number of sulfonamides is 1. The normalized spacial score (nSPS) is 16.7. The number of carbonyl (C=O) groups excluding carboxylic acids is 1. The number of rotatable bonds is 5. The molecule has 1 fully saturated rings. The number of piperidine rings is 1. The van der Waals surface area contributed by atoms with E-state index in [1.165, 1.54) is 10.6 Å². The van der Waals surface area contributed by atoms with Gasteiger partial charge in [-0.25, -0.2) is 17.7 Å². The van der Waals surface area contributed by atoms with Gasteiger partial charge in [0.15, 0.2) is 0 Å². The summed E-state index contributed by atoms with van der Waals surface area (Å²) < 4.78 is 27.0. The van der Waals surface area contributed by atoms with Crippen LogP contribution in [-0.2, 0) is 16.6 Å². The van der Waals surface area contributed by atoms with Crippen molar-refractivity contribution in [3.05, 3.63) is 39.6 Å². The standard InChI is InChI=1S/C17H24N4O3S2/c1-12-16(17(22)18-11-15-5-4-10-25-15)19-13(2)21(12)14-6-8-20(9-7-14)26(3,23)24/h4-5,10,14H,6-9,11H2,1-3H3,(H,18,22). The van der Waals surface area contributed by atoms with Gasteiger partial charge in [-0.1, -0.05) is 6.07 Å². The van der Waals surface area contributed by atoms with Crippen LogP contribution in [0.2, 0.25) is 0 Å². The van der Waals surface area contributed by atoms with Crippen LogP contribution in [-0.4, -0.2) is 47.5 Å². The Morgan fingerprint density at radius 2 is 2.04 bits per heavy atom. The summed E-state index contributed by atoms with van der Waals surface area (Å²) in [5, 5.41) is 4.90. The van der Waals surface area contributed by atoms with Crippen LogP contribution in [0.5, 0.6) is 0 Å². The van der Waals surface area contributed by atoms with Gasteiger partial charge in [-0.05, 0) is 38.1 Å². The fourth-order valence-corrected chi connectivity index (χ4v) is 5.02. The van der Waals surface area contributed by atoms with E-state index in [1.807, 2.05) is 31.4 Å². The molecule has 0 unspecified atom stereocenters. The van der Waals surface area contributed by atoms with Crippen molar-refractivity contribution in [1.82, 2.24) is 19.2 Å². The minimum atomic E-state index is -3.14. The first-order chi connectivity index (χ1) is 12.3. The van der Waals surface area contributed by atoms with Gasteiger partial charge in [-0.3, -0.25) is 4.79 Å². The number of thiophene rings is 1. The SMILES string of the molecule is Cc1nc(C(=O)NCc2cccs2)c(C)n1C1CCN(S(C)(=O)=O)CC1. The molecule has 1 aliphatic heterocycles. The molecule has 0 aliphatic carbocycles. The highest BCUT2D eigenvalue weighted by molar-refractivity contribution is 7.88. The Labute approximate surface area is 158 Å². The highest BCUT2D eigenvalue weighted by Gasteiger charge is 2.29. The Morgan fingerprint density at radius 1 is 1.35 bits per heavy atom. The molecule has 0 aromatic carbocycles. The number of carbonyl (C=O) groups is 1. The van der Waals surface area contributed by atoms with E-state index in [9.17, 15) is 13.2 Å². The highest BCUT2D eigenvalue weighted by atomic mass is 32.2. The molecule has 1 aliphatic rings. The van der Waals surface area contributed by atoms with Crippen molar-refractivity contribution in [2.75, 3.05) is 19.3 Å². The Morgan fingerprint density at radius 3 is 2.62 bits per heavy atom. The Balaban J connectivity index is 1.71. The molecule has 2 aromatic rings. The van der Waals surface area contributed by atoms with Crippen LogP contribution in [0.1, 0.15) is 45.8 Å². The van der Waals surface area contributed by atoms with Crippen LogP contribution >= 0.6 is 11.3 Å². The fraction of sp³-hybridized carbons (Fsp3) is 0.529. The van der Waals surface area contributed by atoms with Crippen LogP contribution in [0, 0.1) is 13.8 Å². The molecule has 0 saturated carbocycles. The summed E-state index contributed by atoms with van der Waals surface area (Å²) in [6, 6.07) is 4.11. The predicted octanol–water partition coefficient (Wildman–Crippen LogP) is 2.09. The van der Waals surface area contributed by atoms with Crippen molar-refractivity contribution in [3.8, 4) is 0 Å². The zero-order valence-corrected chi connectivity index (χ0v) is 16.9. The van der Waals surface area contributed by atoms with E-state index in [0.717, 1.165) is 29.2 Å². The quantitative estimate of drug-likeness (QED) is 0.839. The van der Waals surface area contributed by atoms with Gasteiger partial charge < -0.3 is 9.88 Å². The fourth-order valence-electron chi connectivity index (χ4n) is 3.50. The molecule has 3 heterocycles. The number of amides is 1. The largest absolute Gasteiger partial charge is 0.346 e. The van der Waals surface area contributed by atoms with Crippen molar-refractivity contribution in [2.24, 2.45) is 0 Å². The molecule has 0 spiro atoms. The lowest BCUT2D eigenvalue weighted by atomic mass is 10.1. The van der Waals surface area contributed by atoms with Crippen molar-refractivity contribution in [1.29, 1.82) is 0 Å². The monoisotopic (exact) mass is 396 g/mol. The number of aromatic nitrogens is 2. The summed E-state index contributed by atoms with van der Waals surface area (Å²) in [5.41, 5.74) is 1.29. The van der Waals surface area contributed by atoms with Crippen LogP contribution in [0.25, 0.3) is 0 Å². The molecule has 1 saturated heterocycles. The number of nitrogens with one attached hydrogen (secondary N) is 1. The van der Waals surface area contributed by atoms with E-state index in [2.05, 4.69) is 14.9 Å². The zero-order valence-electron chi connectivity index (χ0n) is 15.2. The first-order valence-corrected chi connectivity index (χ1v) is 11.3. The van der Waals surface area contributed by atoms with Crippen LogP contribution in [0.15, 0.2) is 17.5 Å². The van der Waals surface area contributed by atoms with Crippen LogP contribution in [0.3, 0.4) is 0 Å². The van der Waals surface area contributed by atoms with Gasteiger partial charge in [0.25, 0.3) is 5.91 Å². The van der Waals surface area contributed by atoms with Gasteiger partial charge in [0.2, 0.25) is 10.0 Å². The highest BCUT2D eigenvalue weighted by Crippen LogP contribution is 2.28. The molecular weight excluding hydrogens is 372 g/mol. The molecule has 3 rings (SSSR count). The maximum atomic E-state index is 12.5. The molecule has 9 heteroatoms. The van der Waals surface area contributed by atoms with Gasteiger partial charge in [-0.15, -0.1) is 11.3 Å². The van der Waals surface area contributed by atoms with Crippen molar-refractivity contribution >= 4 is 27.3 Å². The average molecular weight is 397 g/mol. The van der Waals surface area contributed by atoms with E-state index in [4.69, 9.17) is 0 Å². The van der Waals surface area contributed by atoms with Gasteiger partial charge >= 0.3 is 0 Å².